The Hall–Kier alpha value is -2.18. The van der Waals surface area contributed by atoms with Crippen molar-refractivity contribution in [1.82, 2.24) is 20.2 Å². The fourth-order valence-electron chi connectivity index (χ4n) is 2.12. The summed E-state index contributed by atoms with van der Waals surface area (Å²) in [6, 6.07) is 8.91. The minimum atomic E-state index is -0.196. The SMILES string of the molecule is Cc1nc(Nc2ccc(Cl)cc2)cc(C(=O)NCCCN(C)C)n1. The van der Waals surface area contributed by atoms with Gasteiger partial charge in [-0.2, -0.15) is 0 Å². The molecule has 0 radical (unpaired) electrons. The van der Waals surface area contributed by atoms with E-state index in [-0.39, 0.29) is 5.91 Å². The van der Waals surface area contributed by atoms with Crippen LogP contribution in [0.25, 0.3) is 0 Å². The molecule has 0 aliphatic heterocycles. The molecule has 0 aliphatic rings. The Bertz CT molecular complexity index is 688. The van der Waals surface area contributed by atoms with Crippen LogP contribution in [-0.2, 0) is 0 Å². The Morgan fingerprint density at radius 3 is 2.58 bits per heavy atom. The monoisotopic (exact) mass is 347 g/mol. The van der Waals surface area contributed by atoms with Crippen molar-refractivity contribution in [3.8, 4) is 0 Å². The lowest BCUT2D eigenvalue weighted by molar-refractivity contribution is 0.0947. The minimum Gasteiger partial charge on any atom is -0.351 e. The summed E-state index contributed by atoms with van der Waals surface area (Å²) in [6.07, 6.45) is 0.888. The second-order valence-electron chi connectivity index (χ2n) is 5.73. The molecule has 0 spiro atoms. The molecule has 128 valence electrons. The highest BCUT2D eigenvalue weighted by molar-refractivity contribution is 6.30. The van der Waals surface area contributed by atoms with Gasteiger partial charge in [0.2, 0.25) is 0 Å². The molecule has 1 heterocycles. The molecule has 0 fully saturated rings. The number of nitrogens with one attached hydrogen (secondary N) is 2. The number of anilines is 2. The van der Waals surface area contributed by atoms with E-state index in [2.05, 4.69) is 25.5 Å². The largest absolute Gasteiger partial charge is 0.351 e. The highest BCUT2D eigenvalue weighted by Crippen LogP contribution is 2.18. The normalized spacial score (nSPS) is 10.7. The number of benzene rings is 1. The summed E-state index contributed by atoms with van der Waals surface area (Å²) in [5.41, 5.74) is 1.19. The van der Waals surface area contributed by atoms with E-state index in [1.807, 2.05) is 26.2 Å². The Balaban J connectivity index is 2.02. The van der Waals surface area contributed by atoms with Gasteiger partial charge in [-0.3, -0.25) is 4.79 Å². The van der Waals surface area contributed by atoms with E-state index in [4.69, 9.17) is 11.6 Å². The van der Waals surface area contributed by atoms with Gasteiger partial charge in [-0.15, -0.1) is 0 Å². The van der Waals surface area contributed by atoms with Crippen molar-refractivity contribution in [2.24, 2.45) is 0 Å². The zero-order chi connectivity index (χ0) is 17.5. The first kappa shape index (κ1) is 18.2. The number of carbonyl (C=O) groups is 1. The summed E-state index contributed by atoms with van der Waals surface area (Å²) in [6.45, 7) is 3.29. The predicted octanol–water partition coefficient (Wildman–Crippen LogP) is 2.86. The third-order valence-corrected chi connectivity index (χ3v) is 3.51. The maximum absolute atomic E-state index is 12.2. The first-order valence-corrected chi connectivity index (χ1v) is 8.13. The van der Waals surface area contributed by atoms with Gasteiger partial charge in [0, 0.05) is 23.3 Å². The number of amides is 1. The molecule has 0 saturated heterocycles. The maximum atomic E-state index is 12.2. The molecule has 24 heavy (non-hydrogen) atoms. The summed E-state index contributed by atoms with van der Waals surface area (Å²) in [5, 5.41) is 6.70. The minimum absolute atomic E-state index is 0.196. The molecule has 2 N–H and O–H groups in total. The molecule has 0 unspecified atom stereocenters. The third-order valence-electron chi connectivity index (χ3n) is 3.25. The fourth-order valence-corrected chi connectivity index (χ4v) is 2.24. The molecule has 0 saturated carbocycles. The van der Waals surface area contributed by atoms with Crippen molar-refractivity contribution >= 4 is 29.0 Å². The highest BCUT2D eigenvalue weighted by Gasteiger charge is 2.10. The fraction of sp³-hybridized carbons (Fsp3) is 0.353. The quantitative estimate of drug-likeness (QED) is 0.754. The van der Waals surface area contributed by atoms with Crippen molar-refractivity contribution in [1.29, 1.82) is 0 Å². The molecule has 7 heteroatoms. The van der Waals surface area contributed by atoms with Crippen LogP contribution in [0.5, 0.6) is 0 Å². The van der Waals surface area contributed by atoms with E-state index in [1.165, 1.54) is 0 Å². The van der Waals surface area contributed by atoms with Crippen molar-refractivity contribution in [3.05, 3.63) is 46.9 Å². The van der Waals surface area contributed by atoms with Gasteiger partial charge in [0.15, 0.2) is 0 Å². The summed E-state index contributed by atoms with van der Waals surface area (Å²) in [5.74, 6) is 0.911. The van der Waals surface area contributed by atoms with E-state index in [9.17, 15) is 4.79 Å². The lowest BCUT2D eigenvalue weighted by Crippen LogP contribution is -2.28. The van der Waals surface area contributed by atoms with Gasteiger partial charge in [0.1, 0.15) is 17.3 Å². The van der Waals surface area contributed by atoms with Crippen LogP contribution >= 0.6 is 11.6 Å². The molecular formula is C17H22ClN5O. The van der Waals surface area contributed by atoms with Gasteiger partial charge in [0.25, 0.3) is 5.91 Å². The van der Waals surface area contributed by atoms with Crippen LogP contribution in [0.1, 0.15) is 22.7 Å². The topological polar surface area (TPSA) is 70.2 Å². The standard InChI is InChI=1S/C17H22ClN5O/c1-12-20-15(17(24)19-9-4-10-23(2)3)11-16(21-12)22-14-7-5-13(18)6-8-14/h5-8,11H,4,9-10H2,1-3H3,(H,19,24)(H,20,21,22). The second-order valence-corrected chi connectivity index (χ2v) is 6.17. The molecule has 1 aromatic carbocycles. The van der Waals surface area contributed by atoms with E-state index < -0.39 is 0 Å². The van der Waals surface area contributed by atoms with Crippen LogP contribution in [-0.4, -0.2) is 48.0 Å². The molecule has 1 amide bonds. The number of rotatable bonds is 7. The molecule has 0 bridgehead atoms. The molecule has 6 nitrogen and oxygen atoms in total. The van der Waals surface area contributed by atoms with Crippen LogP contribution in [0.4, 0.5) is 11.5 Å². The Morgan fingerprint density at radius 2 is 1.92 bits per heavy atom. The predicted molar refractivity (Wildman–Crippen MR) is 97.0 cm³/mol. The Morgan fingerprint density at radius 1 is 1.21 bits per heavy atom. The average molecular weight is 348 g/mol. The first-order valence-electron chi connectivity index (χ1n) is 7.75. The maximum Gasteiger partial charge on any atom is 0.270 e. The average Bonchev–Trinajstić information content (AvgIpc) is 2.53. The van der Waals surface area contributed by atoms with Crippen LogP contribution < -0.4 is 10.6 Å². The zero-order valence-corrected chi connectivity index (χ0v) is 14.9. The zero-order valence-electron chi connectivity index (χ0n) is 14.1. The summed E-state index contributed by atoms with van der Waals surface area (Å²) in [4.78, 5) is 22.8. The molecule has 1 aromatic heterocycles. The van der Waals surface area contributed by atoms with Gasteiger partial charge in [0.05, 0.1) is 0 Å². The Labute approximate surface area is 147 Å². The molecule has 2 aromatic rings. The van der Waals surface area contributed by atoms with E-state index in [1.54, 1.807) is 25.1 Å². The molecule has 0 atom stereocenters. The summed E-state index contributed by atoms with van der Waals surface area (Å²) < 4.78 is 0. The molecule has 2 rings (SSSR count). The summed E-state index contributed by atoms with van der Waals surface area (Å²) >= 11 is 5.88. The van der Waals surface area contributed by atoms with Gasteiger partial charge in [-0.1, -0.05) is 11.6 Å². The number of hydrogen-bond acceptors (Lipinski definition) is 5. The van der Waals surface area contributed by atoms with Gasteiger partial charge >= 0.3 is 0 Å². The van der Waals surface area contributed by atoms with Crippen LogP contribution in [0.3, 0.4) is 0 Å². The van der Waals surface area contributed by atoms with Crippen molar-refractivity contribution in [2.45, 2.75) is 13.3 Å². The number of aromatic nitrogens is 2. The lowest BCUT2D eigenvalue weighted by Gasteiger charge is -2.11. The second kappa shape index (κ2) is 8.61. The number of halogens is 1. The first-order chi connectivity index (χ1) is 11.4. The number of aryl methyl sites for hydroxylation is 1. The molecule has 0 aliphatic carbocycles. The van der Waals surface area contributed by atoms with Crippen LogP contribution in [0.15, 0.2) is 30.3 Å². The van der Waals surface area contributed by atoms with Crippen molar-refractivity contribution in [2.75, 3.05) is 32.5 Å². The van der Waals surface area contributed by atoms with Gasteiger partial charge in [-0.25, -0.2) is 9.97 Å². The van der Waals surface area contributed by atoms with Crippen LogP contribution in [0.2, 0.25) is 5.02 Å². The number of hydrogen-bond donors (Lipinski definition) is 2. The highest BCUT2D eigenvalue weighted by atomic mass is 35.5. The van der Waals surface area contributed by atoms with Crippen molar-refractivity contribution in [3.63, 3.8) is 0 Å². The Kier molecular flexibility index (Phi) is 6.52. The van der Waals surface area contributed by atoms with E-state index in [0.717, 1.165) is 18.7 Å². The number of carbonyl (C=O) groups excluding carboxylic acids is 1. The lowest BCUT2D eigenvalue weighted by atomic mass is 10.3. The summed E-state index contributed by atoms with van der Waals surface area (Å²) in [7, 11) is 4.01. The van der Waals surface area contributed by atoms with Crippen LogP contribution in [0, 0.1) is 6.92 Å². The van der Waals surface area contributed by atoms with E-state index >= 15 is 0 Å². The van der Waals surface area contributed by atoms with Gasteiger partial charge in [-0.05, 0) is 58.3 Å². The van der Waals surface area contributed by atoms with Crippen molar-refractivity contribution < 1.29 is 4.79 Å². The van der Waals surface area contributed by atoms with Gasteiger partial charge < -0.3 is 15.5 Å². The van der Waals surface area contributed by atoms with E-state index in [0.29, 0.717) is 28.9 Å². The third kappa shape index (κ3) is 5.79. The molecular weight excluding hydrogens is 326 g/mol. The number of nitrogens with zero attached hydrogens (tertiary/aromatic N) is 3. The smallest absolute Gasteiger partial charge is 0.270 e.